The summed E-state index contributed by atoms with van der Waals surface area (Å²) >= 11 is 0. The molecule has 0 atom stereocenters. The van der Waals surface area contributed by atoms with Crippen molar-refractivity contribution in [2.75, 3.05) is 25.1 Å². The van der Waals surface area contributed by atoms with Gasteiger partial charge in [0.15, 0.2) is 11.6 Å². The maximum absolute atomic E-state index is 13.9. The van der Waals surface area contributed by atoms with Crippen LogP contribution in [0.2, 0.25) is 0 Å². The Labute approximate surface area is 110 Å². The Morgan fingerprint density at radius 2 is 2.26 bits per heavy atom. The molecule has 0 aliphatic carbocycles. The van der Waals surface area contributed by atoms with Gasteiger partial charge in [-0.25, -0.2) is 14.2 Å². The van der Waals surface area contributed by atoms with Gasteiger partial charge in [-0.15, -0.1) is 0 Å². The van der Waals surface area contributed by atoms with E-state index >= 15 is 0 Å². The van der Waals surface area contributed by atoms with Gasteiger partial charge in [0.1, 0.15) is 5.56 Å². The molecule has 1 fully saturated rings. The molecule has 0 saturated carbocycles. The first-order chi connectivity index (χ1) is 9.02. The number of pyridine rings is 1. The van der Waals surface area contributed by atoms with Crippen molar-refractivity contribution in [1.29, 1.82) is 0 Å². The van der Waals surface area contributed by atoms with Crippen molar-refractivity contribution >= 4 is 11.8 Å². The van der Waals surface area contributed by atoms with Gasteiger partial charge >= 0.3 is 5.97 Å². The van der Waals surface area contributed by atoms with Crippen molar-refractivity contribution in [2.45, 2.75) is 19.8 Å². The molecule has 1 aliphatic rings. The number of anilines is 1. The third kappa shape index (κ3) is 3.20. The smallest absolute Gasteiger partial charge is 0.338 e. The van der Waals surface area contributed by atoms with Crippen LogP contribution in [0.1, 0.15) is 30.1 Å². The molecule has 1 aromatic rings. The van der Waals surface area contributed by atoms with Crippen LogP contribution < -0.4 is 5.32 Å². The highest BCUT2D eigenvalue weighted by atomic mass is 19.1. The first-order valence-electron chi connectivity index (χ1n) is 6.21. The van der Waals surface area contributed by atoms with Crippen LogP contribution in [-0.2, 0) is 4.74 Å². The molecule has 1 saturated heterocycles. The van der Waals surface area contributed by atoms with E-state index in [2.05, 4.69) is 17.2 Å². The average molecular weight is 268 g/mol. The topological polar surface area (TPSA) is 71.5 Å². The number of hydrogen-bond donors (Lipinski definition) is 2. The van der Waals surface area contributed by atoms with Crippen LogP contribution in [0.25, 0.3) is 0 Å². The molecule has 5 nitrogen and oxygen atoms in total. The summed E-state index contributed by atoms with van der Waals surface area (Å²) in [5, 5.41) is 11.8. The summed E-state index contributed by atoms with van der Waals surface area (Å²) in [6.45, 7) is 4.04. The maximum Gasteiger partial charge on any atom is 0.338 e. The van der Waals surface area contributed by atoms with E-state index < -0.39 is 11.8 Å². The van der Waals surface area contributed by atoms with Crippen molar-refractivity contribution in [2.24, 2.45) is 5.41 Å². The fourth-order valence-electron chi connectivity index (χ4n) is 2.07. The lowest BCUT2D eigenvalue weighted by molar-refractivity contribution is 0.0299. The van der Waals surface area contributed by atoms with E-state index in [4.69, 9.17) is 9.84 Å². The van der Waals surface area contributed by atoms with Crippen LogP contribution in [0, 0.1) is 11.2 Å². The summed E-state index contributed by atoms with van der Waals surface area (Å²) in [5.41, 5.74) is -0.347. The number of halogens is 1. The van der Waals surface area contributed by atoms with Crippen LogP contribution >= 0.6 is 0 Å². The summed E-state index contributed by atoms with van der Waals surface area (Å²) in [6, 6.07) is 1.15. The second-order valence-electron chi connectivity index (χ2n) is 5.10. The minimum absolute atomic E-state index is 0.00684. The van der Waals surface area contributed by atoms with Crippen LogP contribution in [0.4, 0.5) is 10.2 Å². The number of carbonyl (C=O) groups is 1. The van der Waals surface area contributed by atoms with E-state index in [1.165, 1.54) is 6.20 Å². The largest absolute Gasteiger partial charge is 0.478 e. The lowest BCUT2D eigenvalue weighted by atomic mass is 9.82. The molecule has 0 spiro atoms. The molecule has 1 aromatic heterocycles. The normalized spacial score (nSPS) is 18.0. The Morgan fingerprint density at radius 1 is 1.58 bits per heavy atom. The second-order valence-corrected chi connectivity index (χ2v) is 5.10. The third-order valence-electron chi connectivity index (χ3n) is 3.50. The molecule has 104 valence electrons. The molecule has 0 bridgehead atoms. The number of nitrogens with one attached hydrogen (secondary N) is 1. The van der Waals surface area contributed by atoms with Crippen molar-refractivity contribution in [1.82, 2.24) is 4.98 Å². The second kappa shape index (κ2) is 5.52. The van der Waals surface area contributed by atoms with Gasteiger partial charge in [-0.1, -0.05) is 6.92 Å². The lowest BCUT2D eigenvalue weighted by Crippen LogP contribution is -2.33. The maximum atomic E-state index is 13.9. The molecule has 0 unspecified atom stereocenters. The Morgan fingerprint density at radius 3 is 2.89 bits per heavy atom. The molecule has 0 radical (unpaired) electrons. The van der Waals surface area contributed by atoms with E-state index in [1.807, 2.05) is 0 Å². The van der Waals surface area contributed by atoms with E-state index in [1.54, 1.807) is 0 Å². The zero-order valence-corrected chi connectivity index (χ0v) is 10.8. The molecular formula is C13H17FN2O3. The van der Waals surface area contributed by atoms with Crippen molar-refractivity contribution in [3.63, 3.8) is 0 Å². The van der Waals surface area contributed by atoms with Gasteiger partial charge in [-0.2, -0.15) is 0 Å². The van der Waals surface area contributed by atoms with Crippen LogP contribution in [0.5, 0.6) is 0 Å². The molecule has 0 amide bonds. The van der Waals surface area contributed by atoms with Crippen LogP contribution in [-0.4, -0.2) is 35.8 Å². The van der Waals surface area contributed by atoms with Crippen molar-refractivity contribution in [3.8, 4) is 0 Å². The number of aromatic carboxylic acids is 1. The van der Waals surface area contributed by atoms with Gasteiger partial charge in [-0.3, -0.25) is 0 Å². The molecule has 1 aliphatic heterocycles. The number of carboxylic acid groups (broad SMARTS) is 1. The standard InChI is InChI=1S/C13H17FN2O3/c1-13(3-6-19-7-4-13)8-16-11-10(14)9(12(17)18)2-5-15-11/h2,5H,3-4,6-8H2,1H3,(H,15,16)(H,17,18). The first kappa shape index (κ1) is 13.7. The molecular weight excluding hydrogens is 251 g/mol. The van der Waals surface area contributed by atoms with Crippen molar-refractivity contribution < 1.29 is 19.0 Å². The van der Waals surface area contributed by atoms with Gasteiger partial charge in [-0.05, 0) is 24.3 Å². The van der Waals surface area contributed by atoms with Crippen LogP contribution in [0.3, 0.4) is 0 Å². The Hall–Kier alpha value is -1.69. The highest BCUT2D eigenvalue weighted by molar-refractivity contribution is 5.88. The number of rotatable bonds is 4. The van der Waals surface area contributed by atoms with Crippen molar-refractivity contribution in [3.05, 3.63) is 23.6 Å². The SMILES string of the molecule is CC1(CNc2nccc(C(=O)O)c2F)CCOCC1. The van der Waals surface area contributed by atoms with Gasteiger partial charge in [0.25, 0.3) is 0 Å². The monoisotopic (exact) mass is 268 g/mol. The van der Waals surface area contributed by atoms with Gasteiger partial charge in [0, 0.05) is 26.0 Å². The Balaban J connectivity index is 2.07. The Bertz CT molecular complexity index is 473. The van der Waals surface area contributed by atoms with E-state index in [0.717, 1.165) is 18.9 Å². The van der Waals surface area contributed by atoms with Gasteiger partial charge in [0.05, 0.1) is 0 Å². The van der Waals surface area contributed by atoms with E-state index in [0.29, 0.717) is 19.8 Å². The summed E-state index contributed by atoms with van der Waals surface area (Å²) in [6.07, 6.45) is 3.07. The predicted molar refractivity (Wildman–Crippen MR) is 67.8 cm³/mol. The molecule has 0 aromatic carbocycles. The minimum atomic E-state index is -1.29. The zero-order chi connectivity index (χ0) is 13.9. The zero-order valence-electron chi connectivity index (χ0n) is 10.8. The Kier molecular flexibility index (Phi) is 3.99. The summed E-state index contributed by atoms with van der Waals surface area (Å²) < 4.78 is 19.2. The molecule has 6 heteroatoms. The minimum Gasteiger partial charge on any atom is -0.478 e. The lowest BCUT2D eigenvalue weighted by Gasteiger charge is -2.33. The average Bonchev–Trinajstić information content (AvgIpc) is 2.38. The van der Waals surface area contributed by atoms with Gasteiger partial charge in [0.2, 0.25) is 0 Å². The van der Waals surface area contributed by atoms with E-state index in [-0.39, 0.29) is 16.8 Å². The number of hydrogen-bond acceptors (Lipinski definition) is 4. The number of aromatic nitrogens is 1. The molecule has 2 rings (SSSR count). The first-order valence-corrected chi connectivity index (χ1v) is 6.21. The molecule has 2 heterocycles. The highest BCUT2D eigenvalue weighted by Gasteiger charge is 2.27. The molecule has 2 N–H and O–H groups in total. The summed E-state index contributed by atoms with van der Waals surface area (Å²) in [5.74, 6) is -2.11. The number of ether oxygens (including phenoxy) is 1. The van der Waals surface area contributed by atoms with E-state index in [9.17, 15) is 9.18 Å². The quantitative estimate of drug-likeness (QED) is 0.875. The molecule has 19 heavy (non-hydrogen) atoms. The fourth-order valence-corrected chi connectivity index (χ4v) is 2.07. The number of carboxylic acids is 1. The summed E-state index contributed by atoms with van der Waals surface area (Å²) in [7, 11) is 0. The number of nitrogens with zero attached hydrogens (tertiary/aromatic N) is 1. The predicted octanol–water partition coefficient (Wildman–Crippen LogP) is 2.15. The van der Waals surface area contributed by atoms with Gasteiger partial charge < -0.3 is 15.2 Å². The third-order valence-corrected chi connectivity index (χ3v) is 3.50. The fraction of sp³-hybridized carbons (Fsp3) is 0.538. The highest BCUT2D eigenvalue weighted by Crippen LogP contribution is 2.30. The van der Waals surface area contributed by atoms with Crippen LogP contribution in [0.15, 0.2) is 12.3 Å². The summed E-state index contributed by atoms with van der Waals surface area (Å²) in [4.78, 5) is 14.7.